The Hall–Kier alpha value is -1.65. The van der Waals surface area contributed by atoms with Gasteiger partial charge in [0.15, 0.2) is 6.10 Å². The van der Waals surface area contributed by atoms with E-state index >= 15 is 0 Å². The molecule has 1 N–H and O–H groups in total. The molecule has 1 unspecified atom stereocenters. The fourth-order valence-corrected chi connectivity index (χ4v) is 5.66. The zero-order valence-electron chi connectivity index (χ0n) is 15.3. The van der Waals surface area contributed by atoms with E-state index in [4.69, 9.17) is 21.1 Å². The number of hydrogen-bond acceptors (Lipinski definition) is 6. The minimum Gasteiger partial charge on any atom is -0.481 e. The number of rotatable bonds is 7. The molecule has 1 amide bonds. The van der Waals surface area contributed by atoms with Gasteiger partial charge in [-0.3, -0.25) is 4.79 Å². The Balaban J connectivity index is 1.55. The van der Waals surface area contributed by atoms with Gasteiger partial charge in [-0.1, -0.05) is 17.7 Å². The molecule has 28 heavy (non-hydrogen) atoms. The van der Waals surface area contributed by atoms with Crippen molar-refractivity contribution in [2.24, 2.45) is 0 Å². The SMILES string of the molecule is CC(Oc1cccc(Cl)c1)C(=O)NCc1ccc(S(=O)(=O)N2CCOCC2)s1. The zero-order chi connectivity index (χ0) is 20.1. The highest BCUT2D eigenvalue weighted by Crippen LogP contribution is 2.25. The molecule has 1 atom stereocenters. The van der Waals surface area contributed by atoms with Gasteiger partial charge in [0.25, 0.3) is 15.9 Å². The smallest absolute Gasteiger partial charge is 0.261 e. The van der Waals surface area contributed by atoms with Gasteiger partial charge in [0.1, 0.15) is 9.96 Å². The summed E-state index contributed by atoms with van der Waals surface area (Å²) in [5.74, 6) is 0.205. The van der Waals surface area contributed by atoms with Gasteiger partial charge in [-0.15, -0.1) is 11.3 Å². The topological polar surface area (TPSA) is 84.9 Å². The number of carbonyl (C=O) groups excluding carboxylic acids is 1. The van der Waals surface area contributed by atoms with Gasteiger partial charge in [0.05, 0.1) is 19.8 Å². The number of thiophene rings is 1. The molecule has 2 aromatic rings. The van der Waals surface area contributed by atoms with Crippen molar-refractivity contribution in [1.29, 1.82) is 0 Å². The second-order valence-corrected chi connectivity index (χ2v) is 9.94. The third-order valence-electron chi connectivity index (χ3n) is 4.12. The van der Waals surface area contributed by atoms with E-state index in [-0.39, 0.29) is 16.7 Å². The molecule has 0 spiro atoms. The lowest BCUT2D eigenvalue weighted by Gasteiger charge is -2.25. The van der Waals surface area contributed by atoms with E-state index in [1.807, 2.05) is 0 Å². The van der Waals surface area contributed by atoms with Crippen LogP contribution < -0.4 is 10.1 Å². The fraction of sp³-hybridized carbons (Fsp3) is 0.389. The molecule has 1 aromatic carbocycles. The van der Waals surface area contributed by atoms with Crippen molar-refractivity contribution < 1.29 is 22.7 Å². The van der Waals surface area contributed by atoms with Crippen LogP contribution in [-0.2, 0) is 26.1 Å². The predicted octanol–water partition coefficient (Wildman–Crippen LogP) is 2.51. The number of nitrogens with zero attached hydrogens (tertiary/aromatic N) is 1. The van der Waals surface area contributed by atoms with Gasteiger partial charge in [-0.2, -0.15) is 4.31 Å². The second kappa shape index (κ2) is 9.23. The highest BCUT2D eigenvalue weighted by molar-refractivity contribution is 7.91. The molecule has 7 nitrogen and oxygen atoms in total. The first-order valence-corrected chi connectivity index (χ1v) is 11.4. The van der Waals surface area contributed by atoms with Gasteiger partial charge < -0.3 is 14.8 Å². The predicted molar refractivity (Wildman–Crippen MR) is 107 cm³/mol. The zero-order valence-corrected chi connectivity index (χ0v) is 17.6. The summed E-state index contributed by atoms with van der Waals surface area (Å²) in [5, 5.41) is 3.29. The molecule has 1 aliphatic rings. The van der Waals surface area contributed by atoms with Crippen LogP contribution in [0, 0.1) is 0 Å². The van der Waals surface area contributed by atoms with Crippen molar-refractivity contribution in [2.75, 3.05) is 26.3 Å². The average molecular weight is 445 g/mol. The Morgan fingerprint density at radius 3 is 2.79 bits per heavy atom. The van der Waals surface area contributed by atoms with Gasteiger partial charge in [-0.25, -0.2) is 8.42 Å². The van der Waals surface area contributed by atoms with Crippen LogP contribution in [-0.4, -0.2) is 51.0 Å². The molecule has 1 fully saturated rings. The number of halogens is 1. The summed E-state index contributed by atoms with van der Waals surface area (Å²) in [7, 11) is -3.52. The van der Waals surface area contributed by atoms with Crippen LogP contribution in [0.4, 0.5) is 0 Å². The summed E-state index contributed by atoms with van der Waals surface area (Å²) >= 11 is 7.06. The third kappa shape index (κ3) is 5.24. The summed E-state index contributed by atoms with van der Waals surface area (Å²) in [6, 6.07) is 10.1. The molecule has 0 aliphatic carbocycles. The van der Waals surface area contributed by atoms with E-state index < -0.39 is 16.1 Å². The number of nitrogens with one attached hydrogen (secondary N) is 1. The van der Waals surface area contributed by atoms with Crippen molar-refractivity contribution >= 4 is 38.9 Å². The molecule has 3 rings (SSSR count). The molecule has 0 bridgehead atoms. The lowest BCUT2D eigenvalue weighted by Crippen LogP contribution is -2.40. The highest BCUT2D eigenvalue weighted by Gasteiger charge is 2.27. The molecule has 152 valence electrons. The molecule has 1 saturated heterocycles. The van der Waals surface area contributed by atoms with Gasteiger partial charge in [0.2, 0.25) is 0 Å². The molecule has 0 radical (unpaired) electrons. The lowest BCUT2D eigenvalue weighted by atomic mass is 10.3. The van der Waals surface area contributed by atoms with E-state index in [0.717, 1.165) is 16.2 Å². The van der Waals surface area contributed by atoms with Crippen LogP contribution in [0.2, 0.25) is 5.02 Å². The maximum atomic E-state index is 12.6. The normalized spacial score (nSPS) is 16.5. The van der Waals surface area contributed by atoms with Crippen molar-refractivity contribution in [2.45, 2.75) is 23.8 Å². The summed E-state index contributed by atoms with van der Waals surface area (Å²) in [5.41, 5.74) is 0. The highest BCUT2D eigenvalue weighted by atomic mass is 35.5. The minimum absolute atomic E-state index is 0.228. The van der Waals surface area contributed by atoms with E-state index in [9.17, 15) is 13.2 Å². The minimum atomic E-state index is -3.52. The summed E-state index contributed by atoms with van der Waals surface area (Å²) in [4.78, 5) is 13.0. The number of sulfonamides is 1. The van der Waals surface area contributed by atoms with Crippen molar-refractivity contribution in [1.82, 2.24) is 9.62 Å². The van der Waals surface area contributed by atoms with Crippen molar-refractivity contribution in [3.63, 3.8) is 0 Å². The number of ether oxygens (including phenoxy) is 2. The monoisotopic (exact) mass is 444 g/mol. The molecule has 1 aliphatic heterocycles. The maximum absolute atomic E-state index is 12.6. The van der Waals surface area contributed by atoms with Gasteiger partial charge in [0, 0.05) is 23.0 Å². The van der Waals surface area contributed by atoms with Gasteiger partial charge >= 0.3 is 0 Å². The largest absolute Gasteiger partial charge is 0.481 e. The van der Waals surface area contributed by atoms with Crippen LogP contribution >= 0.6 is 22.9 Å². The quantitative estimate of drug-likeness (QED) is 0.709. The number of amides is 1. The molecular weight excluding hydrogens is 424 g/mol. The first-order chi connectivity index (χ1) is 13.4. The molecule has 10 heteroatoms. The van der Waals surface area contributed by atoms with Crippen LogP contribution in [0.25, 0.3) is 0 Å². The average Bonchev–Trinajstić information content (AvgIpc) is 3.16. The van der Waals surface area contributed by atoms with Crippen molar-refractivity contribution in [3.05, 3.63) is 46.3 Å². The lowest BCUT2D eigenvalue weighted by molar-refractivity contribution is -0.127. The van der Waals surface area contributed by atoms with Gasteiger partial charge in [-0.05, 0) is 37.3 Å². The number of carbonyl (C=O) groups is 1. The Labute approximate surface area is 173 Å². The molecular formula is C18H21ClN2O5S2. The Kier molecular flexibility index (Phi) is 6.95. The van der Waals surface area contributed by atoms with E-state index in [2.05, 4.69) is 5.32 Å². The Bertz CT molecular complexity index is 926. The molecule has 0 saturated carbocycles. The van der Waals surface area contributed by atoms with Crippen molar-refractivity contribution in [3.8, 4) is 5.75 Å². The molecule has 2 heterocycles. The van der Waals surface area contributed by atoms with Crippen LogP contribution in [0.3, 0.4) is 0 Å². The van der Waals surface area contributed by atoms with E-state index in [1.54, 1.807) is 43.3 Å². The summed E-state index contributed by atoms with van der Waals surface area (Å²) in [6.07, 6.45) is -0.713. The van der Waals surface area contributed by atoms with E-state index in [1.165, 1.54) is 4.31 Å². The molecule has 1 aromatic heterocycles. The second-order valence-electron chi connectivity index (χ2n) is 6.17. The fourth-order valence-electron chi connectivity index (χ4n) is 2.62. The number of hydrogen-bond donors (Lipinski definition) is 1. The van der Waals surface area contributed by atoms with Crippen LogP contribution in [0.1, 0.15) is 11.8 Å². The van der Waals surface area contributed by atoms with Crippen LogP contribution in [0.15, 0.2) is 40.6 Å². The number of morpholine rings is 1. The van der Waals surface area contributed by atoms with Crippen LogP contribution in [0.5, 0.6) is 5.75 Å². The summed E-state index contributed by atoms with van der Waals surface area (Å²) in [6.45, 7) is 3.37. The third-order valence-corrected chi connectivity index (χ3v) is 7.80. The first kappa shape index (κ1) is 21.1. The standard InChI is InChI=1S/C18H21ClN2O5S2/c1-13(26-15-4-2-3-14(19)11-15)18(22)20-12-16-5-6-17(27-16)28(23,24)21-7-9-25-10-8-21/h2-6,11,13H,7-10,12H2,1H3,(H,20,22). The van der Waals surface area contributed by atoms with E-state index in [0.29, 0.717) is 37.1 Å². The number of benzene rings is 1. The maximum Gasteiger partial charge on any atom is 0.261 e. The first-order valence-electron chi connectivity index (χ1n) is 8.73. The Morgan fingerprint density at radius 1 is 1.32 bits per heavy atom. The summed E-state index contributed by atoms with van der Waals surface area (Å²) < 4.78 is 37.7. The Morgan fingerprint density at radius 2 is 2.07 bits per heavy atom.